The Balaban J connectivity index is 2.10. The van der Waals surface area contributed by atoms with E-state index in [-0.39, 0.29) is 0 Å². The van der Waals surface area contributed by atoms with E-state index in [0.717, 1.165) is 0 Å². The van der Waals surface area contributed by atoms with Crippen LogP contribution in [0.1, 0.15) is 201 Å². The van der Waals surface area contributed by atoms with Crippen LogP contribution in [0.2, 0.25) is 0 Å². The van der Waals surface area contributed by atoms with Crippen molar-refractivity contribution in [3.8, 4) is 0 Å². The quantitative estimate of drug-likeness (QED) is 0.0848. The minimum atomic E-state index is 0.642. The number of unbranched alkanes of at least 4 members (excludes halogenated alkanes) is 24. The van der Waals surface area contributed by atoms with Gasteiger partial charge in [-0.3, -0.25) is 0 Å². The first-order valence-electron chi connectivity index (χ1n) is 18.0. The number of rotatable bonds is 30. The fourth-order valence-corrected chi connectivity index (χ4v) is 6.19. The summed E-state index contributed by atoms with van der Waals surface area (Å²) in [6.07, 6.45) is 45.5. The summed E-state index contributed by atoms with van der Waals surface area (Å²) in [7, 11) is 0. The molecule has 1 atom stereocenters. The molecule has 0 aromatic heterocycles. The summed E-state index contributed by atoms with van der Waals surface area (Å²) in [6.45, 7) is 9.46. The Kier molecular flexibility index (Phi) is 26.0. The lowest BCUT2D eigenvalue weighted by molar-refractivity contribution is 0.135. The van der Waals surface area contributed by atoms with Crippen LogP contribution >= 0.6 is 0 Å². The third kappa shape index (κ3) is 20.3. The number of hydrogen-bond donors (Lipinski definition) is 0. The fourth-order valence-electron chi connectivity index (χ4n) is 6.19. The summed E-state index contributed by atoms with van der Waals surface area (Å²) < 4.78 is 0. The smallest absolute Gasteiger partial charge is 0.101 e. The molecule has 0 aromatic rings. The topological polar surface area (TPSA) is 6.48 Å². The van der Waals surface area contributed by atoms with Gasteiger partial charge >= 0.3 is 0 Å². The maximum atomic E-state index is 2.69. The Morgan fingerprint density at radius 1 is 0.342 bits per heavy atom. The van der Waals surface area contributed by atoms with Gasteiger partial charge in [-0.15, -0.1) is 0 Å². The van der Waals surface area contributed by atoms with Gasteiger partial charge in [-0.05, 0) is 25.7 Å². The summed E-state index contributed by atoms with van der Waals surface area (Å²) >= 11 is 0. The van der Waals surface area contributed by atoms with E-state index in [0.29, 0.717) is 6.17 Å². The number of hydrogen-bond acceptors (Lipinski definition) is 2. The van der Waals surface area contributed by atoms with E-state index in [1.54, 1.807) is 0 Å². The fraction of sp³-hybridized carbons (Fsp3) is 0.944. The van der Waals surface area contributed by atoms with E-state index < -0.39 is 0 Å². The molecule has 1 rings (SSSR count). The van der Waals surface area contributed by atoms with Gasteiger partial charge in [0.25, 0.3) is 0 Å². The maximum absolute atomic E-state index is 2.69. The zero-order chi connectivity index (χ0) is 27.4. The lowest BCUT2D eigenvalue weighted by Crippen LogP contribution is -2.39. The molecule has 0 radical (unpaired) electrons. The van der Waals surface area contributed by atoms with Gasteiger partial charge in [-0.1, -0.05) is 175 Å². The molecule has 1 aliphatic rings. The summed E-state index contributed by atoms with van der Waals surface area (Å²) in [4.78, 5) is 5.37. The van der Waals surface area contributed by atoms with Crippen LogP contribution in [0.3, 0.4) is 0 Å². The highest BCUT2D eigenvalue weighted by Gasteiger charge is 2.24. The van der Waals surface area contributed by atoms with Crippen molar-refractivity contribution in [2.45, 2.75) is 207 Å². The lowest BCUT2D eigenvalue weighted by Gasteiger charge is -2.33. The van der Waals surface area contributed by atoms with Crippen LogP contribution in [0, 0.1) is 0 Å². The van der Waals surface area contributed by atoms with Gasteiger partial charge in [-0.25, -0.2) is 0 Å². The summed E-state index contributed by atoms with van der Waals surface area (Å²) in [5, 5.41) is 0. The van der Waals surface area contributed by atoms with Crippen molar-refractivity contribution in [1.82, 2.24) is 9.80 Å². The molecule has 0 fully saturated rings. The van der Waals surface area contributed by atoms with Crippen molar-refractivity contribution in [2.75, 3.05) is 13.1 Å². The zero-order valence-corrected chi connectivity index (χ0v) is 26.8. The number of nitrogens with zero attached hydrogens (tertiary/aromatic N) is 2. The minimum absolute atomic E-state index is 0.642. The van der Waals surface area contributed by atoms with E-state index in [1.807, 2.05) is 0 Å². The first-order chi connectivity index (χ1) is 18.8. The summed E-state index contributed by atoms with van der Waals surface area (Å²) in [5.74, 6) is 0. The van der Waals surface area contributed by atoms with Crippen molar-refractivity contribution in [3.05, 3.63) is 12.4 Å². The molecule has 2 heteroatoms. The van der Waals surface area contributed by atoms with Crippen LogP contribution in [-0.2, 0) is 0 Å². The molecule has 38 heavy (non-hydrogen) atoms. The molecule has 0 aromatic carbocycles. The highest BCUT2D eigenvalue weighted by atomic mass is 15.4. The monoisotopic (exact) mass is 533 g/mol. The minimum Gasteiger partial charge on any atom is -0.356 e. The molecule has 0 amide bonds. The normalized spacial score (nSPS) is 15.3. The van der Waals surface area contributed by atoms with Crippen molar-refractivity contribution >= 4 is 0 Å². The maximum Gasteiger partial charge on any atom is 0.101 e. The molecule has 226 valence electrons. The first-order valence-corrected chi connectivity index (χ1v) is 18.0. The third-order valence-corrected chi connectivity index (χ3v) is 8.82. The molecule has 0 bridgehead atoms. The van der Waals surface area contributed by atoms with Gasteiger partial charge < -0.3 is 9.80 Å². The summed E-state index contributed by atoms with van der Waals surface area (Å²) in [6, 6.07) is 0. The van der Waals surface area contributed by atoms with E-state index >= 15 is 0 Å². The Hall–Kier alpha value is -0.660. The van der Waals surface area contributed by atoms with Crippen molar-refractivity contribution < 1.29 is 0 Å². The standard InChI is InChI=1S/C36H72N2/c1-4-7-10-12-14-16-18-19-20-21-23-25-27-30-33-38-35-34-37(32-29-9-6-3)36(38)31-28-26-24-22-17-15-13-11-8-5-2/h34-36H,4-33H2,1-3H3. The molecule has 1 unspecified atom stereocenters. The van der Waals surface area contributed by atoms with E-state index in [4.69, 9.17) is 0 Å². The molecule has 0 saturated carbocycles. The van der Waals surface area contributed by atoms with Crippen LogP contribution in [0.5, 0.6) is 0 Å². The SMILES string of the molecule is CCCCCCCCCCCCCCCCN1C=CN(CCCCC)C1CCCCCCCCCCCC. The molecule has 0 spiro atoms. The summed E-state index contributed by atoms with van der Waals surface area (Å²) in [5.41, 5.74) is 0. The second-order valence-corrected chi connectivity index (χ2v) is 12.5. The van der Waals surface area contributed by atoms with Crippen LogP contribution in [0.25, 0.3) is 0 Å². The van der Waals surface area contributed by atoms with Crippen LogP contribution in [0.15, 0.2) is 12.4 Å². The van der Waals surface area contributed by atoms with E-state index in [2.05, 4.69) is 43.0 Å². The molecule has 2 nitrogen and oxygen atoms in total. The van der Waals surface area contributed by atoms with Crippen molar-refractivity contribution in [1.29, 1.82) is 0 Å². The van der Waals surface area contributed by atoms with Gasteiger partial charge in [-0.2, -0.15) is 0 Å². The largest absolute Gasteiger partial charge is 0.356 e. The highest BCUT2D eigenvalue weighted by molar-refractivity contribution is 4.97. The second-order valence-electron chi connectivity index (χ2n) is 12.5. The predicted octanol–water partition coefficient (Wildman–Crippen LogP) is 12.4. The molecule has 0 aliphatic carbocycles. The molecular weight excluding hydrogens is 460 g/mol. The van der Waals surface area contributed by atoms with E-state index in [9.17, 15) is 0 Å². The average molecular weight is 533 g/mol. The Morgan fingerprint density at radius 2 is 0.605 bits per heavy atom. The van der Waals surface area contributed by atoms with Crippen LogP contribution < -0.4 is 0 Å². The Bertz CT molecular complexity index is 488. The van der Waals surface area contributed by atoms with Gasteiger partial charge in [0, 0.05) is 25.5 Å². The average Bonchev–Trinajstić information content (AvgIpc) is 3.31. The molecule has 1 heterocycles. The Morgan fingerprint density at radius 3 is 0.974 bits per heavy atom. The van der Waals surface area contributed by atoms with Gasteiger partial charge in [0.1, 0.15) is 6.17 Å². The zero-order valence-electron chi connectivity index (χ0n) is 26.8. The highest BCUT2D eigenvalue weighted by Crippen LogP contribution is 2.24. The molecular formula is C36H72N2. The molecule has 0 N–H and O–H groups in total. The van der Waals surface area contributed by atoms with E-state index in [1.165, 1.54) is 193 Å². The molecule has 1 aliphatic heterocycles. The Labute approximate surface area is 241 Å². The molecule has 0 saturated heterocycles. The lowest BCUT2D eigenvalue weighted by atomic mass is 10.0. The van der Waals surface area contributed by atoms with Gasteiger partial charge in [0.15, 0.2) is 0 Å². The van der Waals surface area contributed by atoms with Gasteiger partial charge in [0.05, 0.1) is 0 Å². The van der Waals surface area contributed by atoms with Crippen LogP contribution in [-0.4, -0.2) is 29.1 Å². The third-order valence-electron chi connectivity index (χ3n) is 8.82. The second kappa shape index (κ2) is 27.9. The van der Waals surface area contributed by atoms with Crippen molar-refractivity contribution in [2.24, 2.45) is 0 Å². The van der Waals surface area contributed by atoms with Crippen LogP contribution in [0.4, 0.5) is 0 Å². The van der Waals surface area contributed by atoms with Crippen molar-refractivity contribution in [3.63, 3.8) is 0 Å². The first kappa shape index (κ1) is 35.4. The van der Waals surface area contributed by atoms with Gasteiger partial charge in [0.2, 0.25) is 0 Å². The predicted molar refractivity (Wildman–Crippen MR) is 173 cm³/mol.